The van der Waals surface area contributed by atoms with E-state index in [4.69, 9.17) is 4.74 Å². The number of nitrogens with one attached hydrogen (secondary N) is 4. The number of hydrogen-bond acceptors (Lipinski definition) is 10. The fraction of sp³-hybridized carbons (Fsp3) is 0.333. The van der Waals surface area contributed by atoms with Crippen LogP contribution in [0.2, 0.25) is 0 Å². The average molecular weight is 585 g/mol. The van der Waals surface area contributed by atoms with Crippen molar-refractivity contribution < 1.29 is 27.8 Å². The molecule has 1 saturated heterocycles. The van der Waals surface area contributed by atoms with Gasteiger partial charge in [-0.05, 0) is 31.1 Å². The highest BCUT2D eigenvalue weighted by atomic mass is 32.2. The minimum atomic E-state index is -2.74. The molecule has 2 fully saturated rings. The summed E-state index contributed by atoms with van der Waals surface area (Å²) in [7, 11) is 2.57. The van der Waals surface area contributed by atoms with Gasteiger partial charge in [-0.2, -0.15) is 0 Å². The summed E-state index contributed by atoms with van der Waals surface area (Å²) >= 11 is 1.37. The first-order valence-corrected chi connectivity index (χ1v) is 13.5. The van der Waals surface area contributed by atoms with Gasteiger partial charge in [0.25, 0.3) is 17.9 Å². The number of allylic oxidation sites excluding steroid dienone is 1. The third kappa shape index (κ3) is 6.43. The van der Waals surface area contributed by atoms with E-state index >= 15 is 0 Å². The van der Waals surface area contributed by atoms with Crippen LogP contribution in [0.5, 0.6) is 0 Å². The minimum Gasteiger partial charge on any atom is -0.495 e. The number of halogens is 2. The predicted molar refractivity (Wildman–Crippen MR) is 147 cm³/mol. The Morgan fingerprint density at radius 2 is 2.02 bits per heavy atom. The lowest BCUT2D eigenvalue weighted by Crippen LogP contribution is -2.43. The highest BCUT2D eigenvalue weighted by molar-refractivity contribution is 8.00. The first-order chi connectivity index (χ1) is 19.8. The summed E-state index contributed by atoms with van der Waals surface area (Å²) in [5, 5.41) is 5.19. The SMILES string of the molecule is COC(=O)c1ccn(-c2cc(C3=CC(C(F)F)NC=C3OC)c(C(=O)NC3NNC(C#CC4CC4)S3)cn2)c(=O)c1. The Bertz CT molecular complexity index is 1540. The number of methoxy groups -OCH3 is 2. The number of aromatic nitrogens is 2. The van der Waals surface area contributed by atoms with E-state index in [-0.39, 0.29) is 39.2 Å². The second-order valence-corrected chi connectivity index (χ2v) is 10.5. The molecule has 41 heavy (non-hydrogen) atoms. The first kappa shape index (κ1) is 28.3. The summed E-state index contributed by atoms with van der Waals surface area (Å²) in [4.78, 5) is 42.5. The molecular formula is C27H26F2N6O5S. The lowest BCUT2D eigenvalue weighted by atomic mass is 9.95. The molecule has 1 amide bonds. The normalized spacial score (nSPS) is 21.6. The van der Waals surface area contributed by atoms with Crippen molar-refractivity contribution >= 4 is 29.2 Å². The van der Waals surface area contributed by atoms with Crippen molar-refractivity contribution in [2.24, 2.45) is 5.92 Å². The zero-order valence-corrected chi connectivity index (χ0v) is 22.8. The van der Waals surface area contributed by atoms with E-state index in [2.05, 4.69) is 43.0 Å². The summed E-state index contributed by atoms with van der Waals surface area (Å²) in [6.45, 7) is 0. The number of hydrazine groups is 1. The van der Waals surface area contributed by atoms with E-state index < -0.39 is 35.4 Å². The van der Waals surface area contributed by atoms with Crippen LogP contribution in [-0.4, -0.2) is 59.0 Å². The maximum absolute atomic E-state index is 13.7. The molecule has 0 bridgehead atoms. The smallest absolute Gasteiger partial charge is 0.338 e. The highest BCUT2D eigenvalue weighted by Gasteiger charge is 2.30. The Morgan fingerprint density at radius 3 is 2.71 bits per heavy atom. The lowest BCUT2D eigenvalue weighted by molar-refractivity contribution is 0.0600. The van der Waals surface area contributed by atoms with Crippen LogP contribution in [0, 0.1) is 17.8 Å². The number of thioether (sulfide) groups is 1. The topological polar surface area (TPSA) is 136 Å². The summed E-state index contributed by atoms with van der Waals surface area (Å²) < 4.78 is 38.6. The average Bonchev–Trinajstić information content (AvgIpc) is 3.71. The fourth-order valence-corrected chi connectivity index (χ4v) is 4.96. The van der Waals surface area contributed by atoms with Crippen LogP contribution < -0.4 is 27.0 Å². The fourth-order valence-electron chi connectivity index (χ4n) is 4.10. The zero-order valence-electron chi connectivity index (χ0n) is 21.9. The highest BCUT2D eigenvalue weighted by Crippen LogP contribution is 2.32. The molecule has 0 aromatic carbocycles. The van der Waals surface area contributed by atoms with Gasteiger partial charge in [0.15, 0.2) is 0 Å². The second-order valence-electron chi connectivity index (χ2n) is 9.24. The van der Waals surface area contributed by atoms with Crippen molar-refractivity contribution in [1.29, 1.82) is 0 Å². The maximum Gasteiger partial charge on any atom is 0.338 e. The van der Waals surface area contributed by atoms with Gasteiger partial charge in [-0.15, -0.1) is 0 Å². The summed E-state index contributed by atoms with van der Waals surface area (Å²) in [5.41, 5.74) is 5.39. The molecule has 1 aliphatic carbocycles. The van der Waals surface area contributed by atoms with Gasteiger partial charge in [0, 0.05) is 41.7 Å². The van der Waals surface area contributed by atoms with Crippen LogP contribution in [0.1, 0.15) is 39.1 Å². The third-order valence-electron chi connectivity index (χ3n) is 6.40. The summed E-state index contributed by atoms with van der Waals surface area (Å²) in [6.07, 6.45) is 4.60. The molecule has 0 spiro atoms. The Kier molecular flexibility index (Phi) is 8.39. The number of pyridine rings is 2. The standard InChI is InChI=1S/C27H26F2N6O5S/c1-39-20-13-30-19(24(28)29)10-17(20)16-11-21(35-8-7-15(9-23(35)36)26(38)40-2)31-12-18(16)25(37)32-27-34-33-22(41-27)6-5-14-3-4-14/h7-14,19,22,24,27,30,33-34H,3-4H2,1-2H3,(H,32,37). The molecule has 3 unspecified atom stereocenters. The van der Waals surface area contributed by atoms with Crippen LogP contribution in [-0.2, 0) is 9.47 Å². The number of carbonyl (C=O) groups is 2. The monoisotopic (exact) mass is 584 g/mol. The molecule has 14 heteroatoms. The Morgan fingerprint density at radius 1 is 1.22 bits per heavy atom. The molecule has 0 radical (unpaired) electrons. The third-order valence-corrected chi connectivity index (χ3v) is 7.41. The number of rotatable bonds is 7. The quantitative estimate of drug-likeness (QED) is 0.282. The molecule has 214 valence electrons. The largest absolute Gasteiger partial charge is 0.495 e. The zero-order chi connectivity index (χ0) is 29.1. The molecular weight excluding hydrogens is 558 g/mol. The predicted octanol–water partition coefficient (Wildman–Crippen LogP) is 1.72. The molecule has 2 aromatic heterocycles. The van der Waals surface area contributed by atoms with Crippen LogP contribution in [0.4, 0.5) is 8.78 Å². The molecule has 11 nitrogen and oxygen atoms in total. The molecule has 5 rings (SSSR count). The van der Waals surface area contributed by atoms with E-state index in [9.17, 15) is 23.2 Å². The van der Waals surface area contributed by atoms with E-state index in [1.165, 1.54) is 62.8 Å². The van der Waals surface area contributed by atoms with E-state index in [1.807, 2.05) is 0 Å². The number of dihydropyridines is 1. The molecule has 3 aliphatic rings. The Hall–Kier alpha value is -4.19. The number of ether oxygens (including phenoxy) is 2. The van der Waals surface area contributed by atoms with Crippen LogP contribution in [0.25, 0.3) is 11.4 Å². The van der Waals surface area contributed by atoms with Crippen LogP contribution in [0.3, 0.4) is 0 Å². The molecule has 3 atom stereocenters. The van der Waals surface area contributed by atoms with Gasteiger partial charge >= 0.3 is 5.97 Å². The van der Waals surface area contributed by atoms with Crippen molar-refractivity contribution in [3.05, 3.63) is 75.7 Å². The minimum absolute atomic E-state index is 0.0470. The number of nitrogens with zero attached hydrogens (tertiary/aromatic N) is 2. The van der Waals surface area contributed by atoms with Gasteiger partial charge in [-0.1, -0.05) is 23.6 Å². The van der Waals surface area contributed by atoms with Gasteiger partial charge in [0.2, 0.25) is 0 Å². The van der Waals surface area contributed by atoms with Gasteiger partial charge < -0.3 is 20.1 Å². The second kappa shape index (κ2) is 12.1. The maximum atomic E-state index is 13.7. The first-order valence-electron chi connectivity index (χ1n) is 12.6. The molecule has 1 saturated carbocycles. The lowest BCUT2D eigenvalue weighted by Gasteiger charge is -2.24. The van der Waals surface area contributed by atoms with E-state index in [0.29, 0.717) is 5.92 Å². The summed E-state index contributed by atoms with van der Waals surface area (Å²) in [5.74, 6) is 5.80. The van der Waals surface area contributed by atoms with Crippen molar-refractivity contribution in [1.82, 2.24) is 31.0 Å². The number of esters is 1. The molecule has 2 aromatic rings. The van der Waals surface area contributed by atoms with Gasteiger partial charge in [0.05, 0.1) is 25.3 Å². The van der Waals surface area contributed by atoms with Gasteiger partial charge in [-0.3, -0.25) is 14.2 Å². The van der Waals surface area contributed by atoms with E-state index in [1.54, 1.807) is 0 Å². The molecule has 2 aliphatic heterocycles. The van der Waals surface area contributed by atoms with Crippen molar-refractivity contribution in [2.45, 2.75) is 36.2 Å². The number of alkyl halides is 2. The van der Waals surface area contributed by atoms with Crippen molar-refractivity contribution in [2.75, 3.05) is 14.2 Å². The summed E-state index contributed by atoms with van der Waals surface area (Å²) in [6, 6.07) is 2.55. The number of carbonyl (C=O) groups excluding carboxylic acids is 2. The molecule has 4 N–H and O–H groups in total. The van der Waals surface area contributed by atoms with Gasteiger partial charge in [-0.25, -0.2) is 29.4 Å². The number of amides is 1. The van der Waals surface area contributed by atoms with Gasteiger partial charge in [0.1, 0.15) is 28.5 Å². The Balaban J connectivity index is 1.50. The Labute approximate surface area is 237 Å². The van der Waals surface area contributed by atoms with Crippen LogP contribution in [0.15, 0.2) is 53.4 Å². The number of hydrogen-bond donors (Lipinski definition) is 4. The van der Waals surface area contributed by atoms with Crippen molar-refractivity contribution in [3.8, 4) is 17.7 Å². The van der Waals surface area contributed by atoms with Crippen LogP contribution >= 0.6 is 11.8 Å². The van der Waals surface area contributed by atoms with Crippen molar-refractivity contribution in [3.63, 3.8) is 0 Å². The van der Waals surface area contributed by atoms with E-state index in [0.717, 1.165) is 23.5 Å². The molecule has 4 heterocycles.